The van der Waals surface area contributed by atoms with E-state index in [1.807, 2.05) is 17.0 Å². The molecule has 3 aromatic rings. The predicted octanol–water partition coefficient (Wildman–Crippen LogP) is 7.40. The Morgan fingerprint density at radius 2 is 1.83 bits per heavy atom. The van der Waals surface area contributed by atoms with Crippen molar-refractivity contribution in [1.29, 1.82) is 0 Å². The first-order valence-corrected chi connectivity index (χ1v) is 11.5. The van der Waals surface area contributed by atoms with Crippen molar-refractivity contribution in [3.8, 4) is 0 Å². The molecule has 0 saturated carbocycles. The molecule has 4 nitrogen and oxygen atoms in total. The fraction of sp³-hybridized carbons (Fsp3) is 0.391. The van der Waals surface area contributed by atoms with Gasteiger partial charge in [-0.3, -0.25) is 4.79 Å². The maximum atomic E-state index is 12.6. The molecule has 158 valence electrons. The zero-order valence-electron chi connectivity index (χ0n) is 17.1. The minimum absolute atomic E-state index is 0.158. The Kier molecular flexibility index (Phi) is 6.29. The third-order valence-corrected chi connectivity index (χ3v) is 6.74. The van der Waals surface area contributed by atoms with Gasteiger partial charge >= 0.3 is 0 Å². The van der Waals surface area contributed by atoms with E-state index < -0.39 is 0 Å². The van der Waals surface area contributed by atoms with Gasteiger partial charge in [-0.15, -0.1) is 0 Å². The van der Waals surface area contributed by atoms with Crippen LogP contribution in [0.2, 0.25) is 15.1 Å². The van der Waals surface area contributed by atoms with Gasteiger partial charge in [0, 0.05) is 18.0 Å². The fourth-order valence-corrected chi connectivity index (χ4v) is 5.06. The molecule has 0 aliphatic carbocycles. The van der Waals surface area contributed by atoms with Crippen LogP contribution in [0.3, 0.4) is 0 Å². The summed E-state index contributed by atoms with van der Waals surface area (Å²) in [6.45, 7) is 5.32. The number of nitrogens with zero attached hydrogens (tertiary/aromatic N) is 3. The number of carbonyl (C=O) groups excluding carboxylic acids is 1. The van der Waals surface area contributed by atoms with Crippen molar-refractivity contribution in [3.05, 3.63) is 51.0 Å². The summed E-state index contributed by atoms with van der Waals surface area (Å²) in [4.78, 5) is 19.4. The van der Waals surface area contributed by atoms with Gasteiger partial charge in [-0.05, 0) is 55.0 Å². The highest BCUT2D eigenvalue weighted by atomic mass is 35.5. The topological polar surface area (TPSA) is 38.1 Å². The number of carbonyl (C=O) groups is 1. The zero-order valence-corrected chi connectivity index (χ0v) is 19.4. The first-order chi connectivity index (χ1) is 14.4. The lowest BCUT2D eigenvalue weighted by atomic mass is 9.93. The number of hydrogen-bond acceptors (Lipinski definition) is 3. The molecule has 1 aliphatic rings. The predicted molar refractivity (Wildman–Crippen MR) is 126 cm³/mol. The summed E-state index contributed by atoms with van der Waals surface area (Å²) in [5.41, 5.74) is 3.82. The van der Waals surface area contributed by atoms with Crippen LogP contribution in [0.4, 0.5) is 11.6 Å². The molecule has 2 heterocycles. The third kappa shape index (κ3) is 3.81. The molecule has 1 aliphatic heterocycles. The summed E-state index contributed by atoms with van der Waals surface area (Å²) in [6, 6.07) is 9.37. The number of halogens is 3. The Balaban J connectivity index is 2.00. The lowest BCUT2D eigenvalue weighted by Crippen LogP contribution is -2.30. The minimum Gasteiger partial charge on any atom is -0.309 e. The Bertz CT molecular complexity index is 1100. The number of ketones is 1. The summed E-state index contributed by atoms with van der Waals surface area (Å²) in [5.74, 6) is 1.28. The van der Waals surface area contributed by atoms with Gasteiger partial charge in [-0.2, -0.15) is 0 Å². The summed E-state index contributed by atoms with van der Waals surface area (Å²) < 4.78 is 2.21. The number of imidazole rings is 1. The molecule has 0 atom stereocenters. The Hall–Kier alpha value is -1.75. The van der Waals surface area contributed by atoms with Gasteiger partial charge in [0.05, 0.1) is 27.8 Å². The number of aromatic nitrogens is 2. The molecule has 30 heavy (non-hydrogen) atoms. The quantitative estimate of drug-likeness (QED) is 0.403. The van der Waals surface area contributed by atoms with Crippen molar-refractivity contribution < 1.29 is 4.79 Å². The van der Waals surface area contributed by atoms with Crippen molar-refractivity contribution in [2.24, 2.45) is 0 Å². The highest BCUT2D eigenvalue weighted by molar-refractivity contribution is 6.36. The van der Waals surface area contributed by atoms with E-state index in [0.717, 1.165) is 30.3 Å². The maximum Gasteiger partial charge on any atom is 0.211 e. The number of aryl methyl sites for hydroxylation is 1. The minimum atomic E-state index is 0.158. The summed E-state index contributed by atoms with van der Waals surface area (Å²) in [5, 5.41) is 1.66. The molecule has 0 fully saturated rings. The lowest BCUT2D eigenvalue weighted by Gasteiger charge is -2.27. The zero-order chi connectivity index (χ0) is 21.4. The molecule has 4 rings (SSSR count). The SMILES string of the molecule is CCC(CC)c1ccc(Cl)c2nc3n(c12)CCCC(=O)CN3c1ccc(Cl)cc1Cl. The van der Waals surface area contributed by atoms with E-state index in [1.165, 1.54) is 5.56 Å². The van der Waals surface area contributed by atoms with Gasteiger partial charge < -0.3 is 9.47 Å². The smallest absolute Gasteiger partial charge is 0.211 e. The van der Waals surface area contributed by atoms with Crippen molar-refractivity contribution in [3.63, 3.8) is 0 Å². The second-order valence-electron chi connectivity index (χ2n) is 7.73. The molecular weight excluding hydrogens is 441 g/mol. The van der Waals surface area contributed by atoms with E-state index in [9.17, 15) is 4.79 Å². The van der Waals surface area contributed by atoms with E-state index in [-0.39, 0.29) is 12.3 Å². The van der Waals surface area contributed by atoms with Crippen molar-refractivity contribution in [2.75, 3.05) is 11.4 Å². The molecule has 0 N–H and O–H groups in total. The van der Waals surface area contributed by atoms with Crippen LogP contribution >= 0.6 is 34.8 Å². The molecule has 0 saturated heterocycles. The molecule has 1 aromatic heterocycles. The van der Waals surface area contributed by atoms with Crippen LogP contribution in [0, 0.1) is 0 Å². The van der Waals surface area contributed by atoms with Gasteiger partial charge in [0.2, 0.25) is 5.95 Å². The van der Waals surface area contributed by atoms with E-state index in [1.54, 1.807) is 12.1 Å². The fourth-order valence-electron chi connectivity index (χ4n) is 4.35. The molecule has 0 spiro atoms. The van der Waals surface area contributed by atoms with E-state index in [4.69, 9.17) is 39.8 Å². The second kappa shape index (κ2) is 8.78. The number of rotatable bonds is 4. The van der Waals surface area contributed by atoms with Gasteiger partial charge in [0.25, 0.3) is 0 Å². The number of Topliss-reactive ketones (excluding diaryl/α,β-unsaturated/α-hetero) is 1. The molecule has 0 unspecified atom stereocenters. The van der Waals surface area contributed by atoms with Gasteiger partial charge in [-0.25, -0.2) is 4.98 Å². The van der Waals surface area contributed by atoms with Crippen LogP contribution < -0.4 is 4.90 Å². The molecule has 0 amide bonds. The second-order valence-corrected chi connectivity index (χ2v) is 8.99. The monoisotopic (exact) mass is 463 g/mol. The van der Waals surface area contributed by atoms with Crippen molar-refractivity contribution in [1.82, 2.24) is 9.55 Å². The van der Waals surface area contributed by atoms with Crippen molar-refractivity contribution >= 4 is 63.3 Å². The van der Waals surface area contributed by atoms with Gasteiger partial charge in [-0.1, -0.05) is 54.7 Å². The van der Waals surface area contributed by atoms with E-state index >= 15 is 0 Å². The van der Waals surface area contributed by atoms with Gasteiger partial charge in [0.1, 0.15) is 5.52 Å². The molecular formula is C23H24Cl3N3O. The lowest BCUT2D eigenvalue weighted by molar-refractivity contribution is -0.117. The molecule has 0 radical (unpaired) electrons. The molecule has 7 heteroatoms. The van der Waals surface area contributed by atoms with Crippen LogP contribution in [0.1, 0.15) is 51.0 Å². The standard InChI is InChI=1S/C23H24Cl3N3O/c1-3-14(4-2)17-8-9-18(25)21-22(17)28-11-5-6-16(30)13-29(23(28)27-21)20-10-7-15(24)12-19(20)26/h7-10,12,14H,3-6,11,13H2,1-2H3. The van der Waals surface area contributed by atoms with E-state index in [2.05, 4.69) is 24.5 Å². The van der Waals surface area contributed by atoms with Crippen molar-refractivity contribution in [2.45, 2.75) is 52.0 Å². The average Bonchev–Trinajstić information content (AvgIpc) is 3.07. The Morgan fingerprint density at radius 3 is 2.53 bits per heavy atom. The summed E-state index contributed by atoms with van der Waals surface area (Å²) in [7, 11) is 0. The normalized spacial score (nSPS) is 14.9. The average molecular weight is 465 g/mol. The van der Waals surface area contributed by atoms with Crippen LogP contribution in [0.5, 0.6) is 0 Å². The molecule has 2 aromatic carbocycles. The number of hydrogen-bond donors (Lipinski definition) is 0. The highest BCUT2D eigenvalue weighted by Crippen LogP contribution is 2.40. The van der Waals surface area contributed by atoms with Crippen LogP contribution in [-0.4, -0.2) is 21.9 Å². The Labute approximate surface area is 191 Å². The van der Waals surface area contributed by atoms with E-state index in [0.29, 0.717) is 45.6 Å². The highest BCUT2D eigenvalue weighted by Gasteiger charge is 2.28. The third-order valence-electron chi connectivity index (χ3n) is 5.90. The Morgan fingerprint density at radius 1 is 1.07 bits per heavy atom. The first kappa shape index (κ1) is 21.5. The summed E-state index contributed by atoms with van der Waals surface area (Å²) >= 11 is 19.2. The largest absolute Gasteiger partial charge is 0.309 e. The first-order valence-electron chi connectivity index (χ1n) is 10.4. The summed E-state index contributed by atoms with van der Waals surface area (Å²) in [6.07, 6.45) is 3.37. The maximum absolute atomic E-state index is 12.6. The number of anilines is 2. The number of fused-ring (bicyclic) bond motifs is 3. The van der Waals surface area contributed by atoms with Crippen LogP contribution in [0.15, 0.2) is 30.3 Å². The van der Waals surface area contributed by atoms with Crippen LogP contribution in [0.25, 0.3) is 11.0 Å². The number of benzene rings is 2. The van der Waals surface area contributed by atoms with Crippen LogP contribution in [-0.2, 0) is 11.3 Å². The van der Waals surface area contributed by atoms with Gasteiger partial charge in [0.15, 0.2) is 5.78 Å². The molecule has 0 bridgehead atoms.